The summed E-state index contributed by atoms with van der Waals surface area (Å²) in [7, 11) is 0. The second-order valence-corrected chi connectivity index (χ2v) is 7.79. The molecular weight excluding hydrogens is 376 g/mol. The van der Waals surface area contributed by atoms with Crippen molar-refractivity contribution in [2.24, 2.45) is 0 Å². The van der Waals surface area contributed by atoms with Crippen LogP contribution in [0.2, 0.25) is 0 Å². The molecule has 2 amide bonds. The number of anilines is 1. The largest absolute Gasteiger partial charge is 0.326 e. The number of hydrogen-bond acceptors (Lipinski definition) is 3. The van der Waals surface area contributed by atoms with Crippen LogP contribution < -0.4 is 10.8 Å². The van der Waals surface area contributed by atoms with E-state index in [2.05, 4.69) is 36.5 Å². The van der Waals surface area contributed by atoms with Crippen LogP contribution in [0.3, 0.4) is 0 Å². The summed E-state index contributed by atoms with van der Waals surface area (Å²) in [5.41, 5.74) is 5.61. The Morgan fingerprint density at radius 2 is 1.30 bits per heavy atom. The first-order valence-electron chi connectivity index (χ1n) is 11.0. The summed E-state index contributed by atoms with van der Waals surface area (Å²) >= 11 is 0. The van der Waals surface area contributed by atoms with E-state index >= 15 is 0 Å². The van der Waals surface area contributed by atoms with Gasteiger partial charge in [0, 0.05) is 12.1 Å². The minimum atomic E-state index is -0.468. The molecule has 0 heterocycles. The quantitative estimate of drug-likeness (QED) is 0.241. The predicted molar refractivity (Wildman–Crippen MR) is 121 cm³/mol. The summed E-state index contributed by atoms with van der Waals surface area (Å²) in [5.74, 6) is -0.503. The summed E-state index contributed by atoms with van der Waals surface area (Å²) in [6, 6.07) is 15.6. The zero-order valence-corrected chi connectivity index (χ0v) is 18.0. The van der Waals surface area contributed by atoms with Crippen molar-refractivity contribution in [1.82, 2.24) is 5.48 Å². The van der Waals surface area contributed by atoms with E-state index in [1.807, 2.05) is 0 Å². The SMILES string of the molecule is CCCCCCCCc1ccc(CCC(=O)Nc2ccc(CC(=O)NO)cc2)cc1. The zero-order chi connectivity index (χ0) is 21.6. The molecule has 3 N–H and O–H groups in total. The highest BCUT2D eigenvalue weighted by atomic mass is 16.5. The van der Waals surface area contributed by atoms with Gasteiger partial charge in [-0.15, -0.1) is 0 Å². The molecule has 162 valence electrons. The van der Waals surface area contributed by atoms with Crippen LogP contribution in [-0.2, 0) is 28.9 Å². The van der Waals surface area contributed by atoms with Gasteiger partial charge in [0.2, 0.25) is 11.8 Å². The van der Waals surface area contributed by atoms with E-state index in [-0.39, 0.29) is 12.3 Å². The van der Waals surface area contributed by atoms with Crippen molar-refractivity contribution in [1.29, 1.82) is 0 Å². The van der Waals surface area contributed by atoms with Crippen molar-refractivity contribution >= 4 is 17.5 Å². The van der Waals surface area contributed by atoms with E-state index < -0.39 is 5.91 Å². The van der Waals surface area contributed by atoms with Crippen LogP contribution in [0, 0.1) is 0 Å². The molecule has 0 atom stereocenters. The van der Waals surface area contributed by atoms with Crippen LogP contribution in [0.4, 0.5) is 5.69 Å². The average Bonchev–Trinajstić information content (AvgIpc) is 2.77. The third-order valence-electron chi connectivity index (χ3n) is 5.21. The number of hydrogen-bond donors (Lipinski definition) is 3. The Labute approximate surface area is 179 Å². The van der Waals surface area contributed by atoms with Crippen LogP contribution in [-0.4, -0.2) is 17.0 Å². The van der Waals surface area contributed by atoms with Crippen LogP contribution in [0.15, 0.2) is 48.5 Å². The van der Waals surface area contributed by atoms with E-state index in [1.165, 1.54) is 49.7 Å². The second-order valence-electron chi connectivity index (χ2n) is 7.79. The number of nitrogens with one attached hydrogen (secondary N) is 2. The van der Waals surface area contributed by atoms with Crippen molar-refractivity contribution in [2.45, 2.75) is 71.1 Å². The molecule has 0 fully saturated rings. The van der Waals surface area contributed by atoms with Gasteiger partial charge in [-0.25, -0.2) is 5.48 Å². The molecule has 0 radical (unpaired) electrons. The second kappa shape index (κ2) is 13.5. The van der Waals surface area contributed by atoms with Crippen LogP contribution in [0.25, 0.3) is 0 Å². The molecular formula is C25H34N2O3. The molecule has 0 aliphatic carbocycles. The minimum Gasteiger partial charge on any atom is -0.326 e. The van der Waals surface area contributed by atoms with Gasteiger partial charge in [-0.1, -0.05) is 75.4 Å². The Morgan fingerprint density at radius 3 is 1.93 bits per heavy atom. The Hall–Kier alpha value is -2.66. The van der Waals surface area contributed by atoms with Crippen molar-refractivity contribution in [2.75, 3.05) is 5.32 Å². The monoisotopic (exact) mass is 410 g/mol. The molecule has 0 bridgehead atoms. The number of amides is 2. The number of benzene rings is 2. The minimum absolute atomic E-state index is 0.0352. The summed E-state index contributed by atoms with van der Waals surface area (Å²) in [4.78, 5) is 23.4. The fourth-order valence-electron chi connectivity index (χ4n) is 3.39. The summed E-state index contributed by atoms with van der Waals surface area (Å²) < 4.78 is 0. The van der Waals surface area contributed by atoms with E-state index in [0.29, 0.717) is 18.5 Å². The predicted octanol–water partition coefficient (Wildman–Crippen LogP) is 5.21. The lowest BCUT2D eigenvalue weighted by Crippen LogP contribution is -2.20. The van der Waals surface area contributed by atoms with Gasteiger partial charge >= 0.3 is 0 Å². The topological polar surface area (TPSA) is 78.4 Å². The van der Waals surface area contributed by atoms with Gasteiger partial charge in [0.1, 0.15) is 0 Å². The van der Waals surface area contributed by atoms with Gasteiger partial charge in [0.15, 0.2) is 0 Å². The first kappa shape index (κ1) is 23.6. The van der Waals surface area contributed by atoms with E-state index in [4.69, 9.17) is 5.21 Å². The lowest BCUT2D eigenvalue weighted by atomic mass is 10.0. The van der Waals surface area contributed by atoms with E-state index in [9.17, 15) is 9.59 Å². The van der Waals surface area contributed by atoms with Gasteiger partial charge in [-0.3, -0.25) is 14.8 Å². The number of carbonyl (C=O) groups excluding carboxylic acids is 2. The lowest BCUT2D eigenvalue weighted by molar-refractivity contribution is -0.128. The Morgan fingerprint density at radius 1 is 0.733 bits per heavy atom. The van der Waals surface area contributed by atoms with Gasteiger partial charge in [0.25, 0.3) is 0 Å². The highest BCUT2D eigenvalue weighted by molar-refractivity contribution is 5.90. The first-order chi connectivity index (χ1) is 14.6. The van der Waals surface area contributed by atoms with Crippen LogP contribution in [0.1, 0.15) is 68.6 Å². The number of rotatable bonds is 13. The standard InChI is InChI=1S/C25H34N2O3/c1-2-3-4-5-6-7-8-20-9-11-21(12-10-20)15-18-24(28)26-23-16-13-22(14-17-23)19-25(29)27-30/h9-14,16-17,30H,2-8,15,18-19H2,1H3,(H,26,28)(H,27,29). The Kier molecular flexibility index (Phi) is 10.7. The third kappa shape index (κ3) is 9.23. The van der Waals surface area contributed by atoms with Gasteiger partial charge in [0.05, 0.1) is 6.42 Å². The maximum absolute atomic E-state index is 12.2. The molecule has 0 saturated heterocycles. The Bertz CT molecular complexity index is 770. The zero-order valence-electron chi connectivity index (χ0n) is 18.0. The van der Waals surface area contributed by atoms with Gasteiger partial charge < -0.3 is 5.32 Å². The number of unbranched alkanes of at least 4 members (excludes halogenated alkanes) is 5. The fourth-order valence-corrected chi connectivity index (χ4v) is 3.39. The molecule has 0 aromatic heterocycles. The maximum Gasteiger partial charge on any atom is 0.247 e. The maximum atomic E-state index is 12.2. The highest BCUT2D eigenvalue weighted by Crippen LogP contribution is 2.14. The molecule has 0 saturated carbocycles. The summed E-state index contributed by atoms with van der Waals surface area (Å²) in [6.07, 6.45) is 10.2. The molecule has 5 heteroatoms. The number of aryl methyl sites for hydroxylation is 2. The van der Waals surface area contributed by atoms with Crippen molar-refractivity contribution in [3.05, 3.63) is 65.2 Å². The van der Waals surface area contributed by atoms with E-state index in [1.54, 1.807) is 29.7 Å². The molecule has 5 nitrogen and oxygen atoms in total. The molecule has 0 spiro atoms. The fraction of sp³-hybridized carbons (Fsp3) is 0.440. The first-order valence-corrected chi connectivity index (χ1v) is 11.0. The number of carbonyl (C=O) groups is 2. The molecule has 0 aliphatic rings. The van der Waals surface area contributed by atoms with Crippen LogP contribution in [0.5, 0.6) is 0 Å². The third-order valence-corrected chi connectivity index (χ3v) is 5.21. The molecule has 2 aromatic carbocycles. The van der Waals surface area contributed by atoms with E-state index in [0.717, 1.165) is 12.0 Å². The molecule has 30 heavy (non-hydrogen) atoms. The molecule has 0 aliphatic heterocycles. The Balaban J connectivity index is 1.68. The highest BCUT2D eigenvalue weighted by Gasteiger charge is 2.05. The van der Waals surface area contributed by atoms with Gasteiger partial charge in [-0.2, -0.15) is 0 Å². The normalized spacial score (nSPS) is 10.6. The van der Waals surface area contributed by atoms with Crippen molar-refractivity contribution in [3.8, 4) is 0 Å². The van der Waals surface area contributed by atoms with Gasteiger partial charge in [-0.05, 0) is 48.1 Å². The molecule has 2 aromatic rings. The number of hydroxylamine groups is 1. The van der Waals surface area contributed by atoms with Crippen molar-refractivity contribution < 1.29 is 14.8 Å². The summed E-state index contributed by atoms with van der Waals surface area (Å²) in [5, 5.41) is 11.4. The molecule has 2 rings (SSSR count). The smallest absolute Gasteiger partial charge is 0.247 e. The van der Waals surface area contributed by atoms with Crippen molar-refractivity contribution in [3.63, 3.8) is 0 Å². The summed E-state index contributed by atoms with van der Waals surface area (Å²) in [6.45, 7) is 2.24. The molecule has 0 unspecified atom stereocenters. The average molecular weight is 411 g/mol. The van der Waals surface area contributed by atoms with Crippen LogP contribution >= 0.6 is 0 Å². The lowest BCUT2D eigenvalue weighted by Gasteiger charge is -2.07.